The molecule has 1 aromatic carbocycles. The zero-order valence-corrected chi connectivity index (χ0v) is 11.1. The van der Waals surface area contributed by atoms with E-state index in [2.05, 4.69) is 33.2 Å². The molecule has 4 rings (SSSR count). The second kappa shape index (κ2) is 3.90. The molecule has 4 heteroatoms. The molecule has 1 N–H and O–H groups in total. The third kappa shape index (κ3) is 1.57. The first-order valence-electron chi connectivity index (χ1n) is 6.03. The quantitative estimate of drug-likeness (QED) is 0.565. The normalized spacial score (nSPS) is 11.4. The first kappa shape index (κ1) is 10.7. The fourth-order valence-corrected chi connectivity index (χ4v) is 3.21. The van der Waals surface area contributed by atoms with Crippen molar-refractivity contribution in [2.75, 3.05) is 0 Å². The Morgan fingerprint density at radius 3 is 3.21 bits per heavy atom. The van der Waals surface area contributed by atoms with Crippen LogP contribution in [0.3, 0.4) is 0 Å². The molecular weight excluding hydrogens is 254 g/mol. The van der Waals surface area contributed by atoms with Crippen molar-refractivity contribution in [3.63, 3.8) is 0 Å². The molecule has 0 saturated carbocycles. The van der Waals surface area contributed by atoms with Crippen molar-refractivity contribution in [1.29, 1.82) is 0 Å². The molecule has 0 unspecified atom stereocenters. The summed E-state index contributed by atoms with van der Waals surface area (Å²) in [6.45, 7) is 2.03. The Balaban J connectivity index is 2.09. The highest BCUT2D eigenvalue weighted by Crippen LogP contribution is 2.34. The van der Waals surface area contributed by atoms with Gasteiger partial charge in [0.05, 0.1) is 15.2 Å². The van der Waals surface area contributed by atoms with Crippen LogP contribution in [0.4, 0.5) is 0 Å². The van der Waals surface area contributed by atoms with Crippen LogP contribution in [0, 0.1) is 13.0 Å². The fourth-order valence-electron chi connectivity index (χ4n) is 2.37. The molecule has 1 radical (unpaired) electrons. The van der Waals surface area contributed by atoms with Crippen LogP contribution in [0.2, 0.25) is 0 Å². The van der Waals surface area contributed by atoms with Gasteiger partial charge >= 0.3 is 0 Å². The largest absolute Gasteiger partial charge is 0.346 e. The van der Waals surface area contributed by atoms with Gasteiger partial charge in [0, 0.05) is 28.9 Å². The highest BCUT2D eigenvalue weighted by molar-refractivity contribution is 7.18. The van der Waals surface area contributed by atoms with Crippen LogP contribution in [0.15, 0.2) is 36.7 Å². The molecule has 0 amide bonds. The maximum atomic E-state index is 4.63. The van der Waals surface area contributed by atoms with Gasteiger partial charge < -0.3 is 4.98 Å². The Hall–Kier alpha value is -2.20. The fraction of sp³-hybridized carbons (Fsp3) is 0.0667. The standard InChI is InChI=1S/C15H10N3S/c1-9-18-14-10(4-2-6-13(14)19-9)12-8-17-15-11(12)5-3-7-16-15/h2-3,5-8H,1H3,(H,16,17). The molecule has 0 aliphatic carbocycles. The molecule has 0 saturated heterocycles. The lowest BCUT2D eigenvalue weighted by molar-refractivity contribution is 1.32. The van der Waals surface area contributed by atoms with Crippen LogP contribution in [0.25, 0.3) is 32.4 Å². The molecule has 3 heterocycles. The number of thiazole rings is 1. The predicted octanol–water partition coefficient (Wildman–Crippen LogP) is 3.95. The van der Waals surface area contributed by atoms with Crippen molar-refractivity contribution < 1.29 is 0 Å². The second-order valence-electron chi connectivity index (χ2n) is 4.40. The van der Waals surface area contributed by atoms with Gasteiger partial charge in [-0.1, -0.05) is 6.07 Å². The van der Waals surface area contributed by atoms with Crippen LogP contribution in [0.1, 0.15) is 5.01 Å². The third-order valence-corrected chi connectivity index (χ3v) is 4.12. The number of fused-ring (bicyclic) bond motifs is 2. The van der Waals surface area contributed by atoms with E-state index in [0.29, 0.717) is 0 Å². The van der Waals surface area contributed by atoms with Crippen LogP contribution < -0.4 is 0 Å². The molecule has 0 atom stereocenters. The molecule has 19 heavy (non-hydrogen) atoms. The molecule has 3 nitrogen and oxygen atoms in total. The van der Waals surface area contributed by atoms with E-state index in [-0.39, 0.29) is 0 Å². The average Bonchev–Trinajstić information content (AvgIpc) is 3.00. The minimum Gasteiger partial charge on any atom is -0.346 e. The van der Waals surface area contributed by atoms with Crippen LogP contribution in [-0.4, -0.2) is 15.0 Å². The van der Waals surface area contributed by atoms with Crippen molar-refractivity contribution in [3.8, 4) is 11.1 Å². The Kier molecular flexibility index (Phi) is 2.19. The van der Waals surface area contributed by atoms with E-state index in [1.807, 2.05) is 25.3 Å². The van der Waals surface area contributed by atoms with Crippen LogP contribution >= 0.6 is 11.3 Å². The summed E-state index contributed by atoms with van der Waals surface area (Å²) in [6.07, 6.45) is 3.78. The van der Waals surface area contributed by atoms with Gasteiger partial charge in [0.2, 0.25) is 0 Å². The lowest BCUT2D eigenvalue weighted by Crippen LogP contribution is -1.80. The highest BCUT2D eigenvalue weighted by atomic mass is 32.1. The van der Waals surface area contributed by atoms with E-state index in [0.717, 1.165) is 32.7 Å². The smallest absolute Gasteiger partial charge is 0.137 e. The van der Waals surface area contributed by atoms with E-state index >= 15 is 0 Å². The summed E-state index contributed by atoms with van der Waals surface area (Å²) in [5.74, 6) is 0. The lowest BCUT2D eigenvalue weighted by Gasteiger charge is -1.99. The van der Waals surface area contributed by atoms with Gasteiger partial charge in [0.15, 0.2) is 0 Å². The number of nitrogens with one attached hydrogen (secondary N) is 1. The SMILES string of the molecule is Cc1nc2c(-c3c[nH]c4ncccc34)[c]ccc2s1. The van der Waals surface area contributed by atoms with Gasteiger partial charge in [-0.3, -0.25) is 0 Å². The van der Waals surface area contributed by atoms with E-state index in [1.165, 1.54) is 4.70 Å². The number of H-pyrrole nitrogens is 1. The Morgan fingerprint density at radius 1 is 1.32 bits per heavy atom. The lowest BCUT2D eigenvalue weighted by atomic mass is 10.0. The molecular formula is C15H10N3S. The van der Waals surface area contributed by atoms with Crippen LogP contribution in [0.5, 0.6) is 0 Å². The van der Waals surface area contributed by atoms with E-state index < -0.39 is 0 Å². The maximum absolute atomic E-state index is 4.63. The molecule has 3 aromatic heterocycles. The number of hydrogen-bond donors (Lipinski definition) is 1. The number of pyridine rings is 1. The average molecular weight is 264 g/mol. The van der Waals surface area contributed by atoms with Gasteiger partial charge in [0.1, 0.15) is 5.65 Å². The van der Waals surface area contributed by atoms with Gasteiger partial charge in [-0.2, -0.15) is 0 Å². The number of rotatable bonds is 1. The van der Waals surface area contributed by atoms with Gasteiger partial charge in [0.25, 0.3) is 0 Å². The number of benzene rings is 1. The second-order valence-corrected chi connectivity index (χ2v) is 5.64. The summed E-state index contributed by atoms with van der Waals surface area (Å²) in [4.78, 5) is 12.2. The summed E-state index contributed by atoms with van der Waals surface area (Å²) in [5, 5.41) is 2.19. The minimum absolute atomic E-state index is 0.898. The van der Waals surface area contributed by atoms with Gasteiger partial charge in [-0.05, 0) is 31.2 Å². The molecule has 0 aliphatic heterocycles. The summed E-state index contributed by atoms with van der Waals surface area (Å²) in [5.41, 5.74) is 4.07. The summed E-state index contributed by atoms with van der Waals surface area (Å²) >= 11 is 1.71. The van der Waals surface area contributed by atoms with Crippen molar-refractivity contribution in [2.45, 2.75) is 6.92 Å². The molecule has 91 valence electrons. The van der Waals surface area contributed by atoms with Gasteiger partial charge in [-0.15, -0.1) is 11.3 Å². The molecule has 0 bridgehead atoms. The zero-order chi connectivity index (χ0) is 12.8. The molecule has 0 fully saturated rings. The number of aromatic amines is 1. The Labute approximate surface area is 114 Å². The van der Waals surface area contributed by atoms with Crippen molar-refractivity contribution in [3.05, 3.63) is 47.7 Å². The van der Waals surface area contributed by atoms with E-state index in [9.17, 15) is 0 Å². The first-order valence-corrected chi connectivity index (χ1v) is 6.85. The molecule has 0 aliphatic rings. The monoisotopic (exact) mass is 264 g/mol. The van der Waals surface area contributed by atoms with E-state index in [1.54, 1.807) is 17.5 Å². The maximum Gasteiger partial charge on any atom is 0.137 e. The van der Waals surface area contributed by atoms with Crippen molar-refractivity contribution in [1.82, 2.24) is 15.0 Å². The topological polar surface area (TPSA) is 41.6 Å². The summed E-state index contributed by atoms with van der Waals surface area (Å²) in [7, 11) is 0. The van der Waals surface area contributed by atoms with Crippen molar-refractivity contribution in [2.24, 2.45) is 0 Å². The highest BCUT2D eigenvalue weighted by Gasteiger charge is 2.12. The minimum atomic E-state index is 0.898. The third-order valence-electron chi connectivity index (χ3n) is 3.18. The molecule has 4 aromatic rings. The number of aryl methyl sites for hydroxylation is 1. The summed E-state index contributed by atoms with van der Waals surface area (Å²) in [6, 6.07) is 11.4. The molecule has 0 spiro atoms. The number of aromatic nitrogens is 3. The Bertz CT molecular complexity index is 889. The van der Waals surface area contributed by atoms with Crippen LogP contribution in [-0.2, 0) is 0 Å². The zero-order valence-electron chi connectivity index (χ0n) is 10.3. The number of hydrogen-bond acceptors (Lipinski definition) is 3. The van der Waals surface area contributed by atoms with E-state index in [4.69, 9.17) is 0 Å². The first-order chi connectivity index (χ1) is 9.33. The van der Waals surface area contributed by atoms with Crippen molar-refractivity contribution >= 4 is 32.6 Å². The van der Waals surface area contributed by atoms with Gasteiger partial charge in [-0.25, -0.2) is 9.97 Å². The summed E-state index contributed by atoms with van der Waals surface area (Å²) < 4.78 is 1.20. The predicted molar refractivity (Wildman–Crippen MR) is 78.3 cm³/mol. The number of nitrogens with zero attached hydrogens (tertiary/aromatic N) is 2. The Morgan fingerprint density at radius 2 is 2.26 bits per heavy atom.